The molecule has 0 aliphatic heterocycles. The summed E-state index contributed by atoms with van der Waals surface area (Å²) in [5.74, 6) is 0. The summed E-state index contributed by atoms with van der Waals surface area (Å²) in [6, 6.07) is 16.2. The predicted octanol–water partition coefficient (Wildman–Crippen LogP) is 4.51. The maximum Gasteiger partial charge on any atom is 0.142 e. The van der Waals surface area contributed by atoms with Gasteiger partial charge in [-0.05, 0) is 6.07 Å². The van der Waals surface area contributed by atoms with Gasteiger partial charge in [-0.2, -0.15) is 5.26 Å². The summed E-state index contributed by atoms with van der Waals surface area (Å²) in [7, 11) is 0. The van der Waals surface area contributed by atoms with Gasteiger partial charge in [-0.1, -0.05) is 48.6 Å². The van der Waals surface area contributed by atoms with E-state index in [2.05, 4.69) is 18.2 Å². The molecule has 0 fully saturated rings. The molecule has 0 saturated heterocycles. The van der Waals surface area contributed by atoms with Gasteiger partial charge in [-0.25, -0.2) is 0 Å². The number of hydrogen-bond acceptors (Lipinski definition) is 2. The minimum atomic E-state index is 0.413. The SMILES string of the molecule is N#CCC=Cc1cccc2c1oc1ccccc12. The van der Waals surface area contributed by atoms with Gasteiger partial charge in [0.1, 0.15) is 11.2 Å². The lowest BCUT2D eigenvalue weighted by Gasteiger charge is -1.94. The number of nitriles is 1. The molecule has 3 rings (SSSR count). The molecule has 1 aromatic heterocycles. The summed E-state index contributed by atoms with van der Waals surface area (Å²) in [4.78, 5) is 0. The summed E-state index contributed by atoms with van der Waals surface area (Å²) >= 11 is 0. The zero-order valence-corrected chi connectivity index (χ0v) is 9.76. The maximum absolute atomic E-state index is 8.55. The lowest BCUT2D eigenvalue weighted by molar-refractivity contribution is 0.668. The van der Waals surface area contributed by atoms with Crippen molar-refractivity contribution in [3.8, 4) is 6.07 Å². The molecule has 0 radical (unpaired) electrons. The topological polar surface area (TPSA) is 36.9 Å². The third-order valence-corrected chi connectivity index (χ3v) is 2.94. The van der Waals surface area contributed by atoms with Crippen LogP contribution in [0, 0.1) is 11.3 Å². The lowest BCUT2D eigenvalue weighted by Crippen LogP contribution is -1.73. The Labute approximate surface area is 105 Å². The van der Waals surface area contributed by atoms with E-state index < -0.39 is 0 Å². The van der Waals surface area contributed by atoms with Crippen molar-refractivity contribution in [1.82, 2.24) is 0 Å². The summed E-state index contributed by atoms with van der Waals surface area (Å²) in [5, 5.41) is 10.8. The van der Waals surface area contributed by atoms with Crippen LogP contribution in [0.15, 0.2) is 53.0 Å². The van der Waals surface area contributed by atoms with Crippen LogP contribution < -0.4 is 0 Å². The van der Waals surface area contributed by atoms with Crippen LogP contribution in [0.5, 0.6) is 0 Å². The van der Waals surface area contributed by atoms with Crippen molar-refractivity contribution in [1.29, 1.82) is 5.26 Å². The molecular formula is C16H11NO. The standard InChI is InChI=1S/C16H11NO/c17-11-4-3-6-12-7-5-9-14-13-8-1-2-10-15(13)18-16(12)14/h1-3,5-10H,4H2. The van der Waals surface area contributed by atoms with E-state index in [-0.39, 0.29) is 0 Å². The summed E-state index contributed by atoms with van der Waals surface area (Å²) in [5.41, 5.74) is 2.79. The average Bonchev–Trinajstić information content (AvgIpc) is 2.79. The smallest absolute Gasteiger partial charge is 0.142 e. The van der Waals surface area contributed by atoms with Crippen molar-refractivity contribution < 1.29 is 4.42 Å². The molecule has 2 aromatic carbocycles. The summed E-state index contributed by atoms with van der Waals surface area (Å²) in [6.45, 7) is 0. The highest BCUT2D eigenvalue weighted by molar-refractivity contribution is 6.07. The molecular weight excluding hydrogens is 222 g/mol. The Morgan fingerprint density at radius 1 is 1.06 bits per heavy atom. The van der Waals surface area contributed by atoms with Gasteiger partial charge in [0.05, 0.1) is 12.5 Å². The quantitative estimate of drug-likeness (QED) is 0.652. The molecule has 3 aromatic rings. The van der Waals surface area contributed by atoms with Crippen LogP contribution >= 0.6 is 0 Å². The first-order valence-electron chi connectivity index (χ1n) is 5.84. The van der Waals surface area contributed by atoms with Crippen LogP contribution in [-0.2, 0) is 0 Å². The summed E-state index contributed by atoms with van der Waals surface area (Å²) < 4.78 is 5.88. The number of hydrogen-bond donors (Lipinski definition) is 0. The zero-order valence-electron chi connectivity index (χ0n) is 9.76. The Balaban J connectivity index is 2.25. The Bertz CT molecular complexity index is 774. The molecule has 0 unspecified atom stereocenters. The van der Waals surface area contributed by atoms with Crippen LogP contribution in [0.25, 0.3) is 28.0 Å². The molecule has 0 aliphatic rings. The fraction of sp³-hybridized carbons (Fsp3) is 0.0625. The molecule has 18 heavy (non-hydrogen) atoms. The van der Waals surface area contributed by atoms with Gasteiger partial charge in [-0.15, -0.1) is 0 Å². The van der Waals surface area contributed by atoms with Crippen LogP contribution in [-0.4, -0.2) is 0 Å². The van der Waals surface area contributed by atoms with E-state index in [0.29, 0.717) is 6.42 Å². The van der Waals surface area contributed by atoms with Gasteiger partial charge in [0.15, 0.2) is 0 Å². The third-order valence-electron chi connectivity index (χ3n) is 2.94. The highest BCUT2D eigenvalue weighted by Gasteiger charge is 2.07. The van der Waals surface area contributed by atoms with E-state index in [1.807, 2.05) is 42.5 Å². The first-order valence-corrected chi connectivity index (χ1v) is 5.84. The molecule has 1 heterocycles. The first-order chi connectivity index (χ1) is 8.90. The number of furan rings is 1. The van der Waals surface area contributed by atoms with Crippen LogP contribution in [0.3, 0.4) is 0 Å². The van der Waals surface area contributed by atoms with Crippen LogP contribution in [0.4, 0.5) is 0 Å². The fourth-order valence-electron chi connectivity index (χ4n) is 2.14. The van der Waals surface area contributed by atoms with E-state index in [1.165, 1.54) is 0 Å². The van der Waals surface area contributed by atoms with Gasteiger partial charge in [0.25, 0.3) is 0 Å². The van der Waals surface area contributed by atoms with Crippen molar-refractivity contribution in [3.63, 3.8) is 0 Å². The molecule has 2 nitrogen and oxygen atoms in total. The molecule has 0 spiro atoms. The molecule has 0 bridgehead atoms. The Kier molecular flexibility index (Phi) is 2.59. The second-order valence-corrected chi connectivity index (χ2v) is 4.09. The van der Waals surface area contributed by atoms with E-state index in [1.54, 1.807) is 0 Å². The van der Waals surface area contributed by atoms with Gasteiger partial charge in [-0.3, -0.25) is 0 Å². The fourth-order valence-corrected chi connectivity index (χ4v) is 2.14. The third kappa shape index (κ3) is 1.66. The normalized spacial score (nSPS) is 11.3. The second kappa shape index (κ2) is 4.38. The van der Waals surface area contributed by atoms with Crippen molar-refractivity contribution in [2.45, 2.75) is 6.42 Å². The van der Waals surface area contributed by atoms with Crippen molar-refractivity contribution in [2.24, 2.45) is 0 Å². The Morgan fingerprint density at radius 2 is 1.89 bits per heavy atom. The minimum absolute atomic E-state index is 0.413. The van der Waals surface area contributed by atoms with Gasteiger partial charge in [0.2, 0.25) is 0 Å². The summed E-state index contributed by atoms with van der Waals surface area (Å²) in [6.07, 6.45) is 4.20. The Hall–Kier alpha value is -2.53. The predicted molar refractivity (Wildman–Crippen MR) is 73.0 cm³/mol. The number of allylic oxidation sites excluding steroid dienone is 1. The number of para-hydroxylation sites is 2. The molecule has 0 atom stereocenters. The largest absolute Gasteiger partial charge is 0.455 e. The zero-order chi connectivity index (χ0) is 12.4. The Morgan fingerprint density at radius 3 is 2.78 bits per heavy atom. The molecule has 0 N–H and O–H groups in total. The number of benzene rings is 2. The molecule has 2 heteroatoms. The van der Waals surface area contributed by atoms with E-state index in [0.717, 1.165) is 27.5 Å². The van der Waals surface area contributed by atoms with E-state index in [9.17, 15) is 0 Å². The van der Waals surface area contributed by atoms with Gasteiger partial charge >= 0.3 is 0 Å². The van der Waals surface area contributed by atoms with Crippen molar-refractivity contribution >= 4 is 28.0 Å². The second-order valence-electron chi connectivity index (χ2n) is 4.09. The first kappa shape index (κ1) is 10.6. The minimum Gasteiger partial charge on any atom is -0.455 e. The van der Waals surface area contributed by atoms with Gasteiger partial charge in [0, 0.05) is 16.3 Å². The van der Waals surface area contributed by atoms with Crippen molar-refractivity contribution in [3.05, 3.63) is 54.1 Å². The maximum atomic E-state index is 8.55. The number of fused-ring (bicyclic) bond motifs is 3. The number of nitrogens with zero attached hydrogens (tertiary/aromatic N) is 1. The van der Waals surface area contributed by atoms with Crippen LogP contribution in [0.1, 0.15) is 12.0 Å². The molecule has 0 amide bonds. The van der Waals surface area contributed by atoms with Crippen molar-refractivity contribution in [2.75, 3.05) is 0 Å². The lowest BCUT2D eigenvalue weighted by atomic mass is 10.1. The monoisotopic (exact) mass is 233 g/mol. The van der Waals surface area contributed by atoms with E-state index in [4.69, 9.17) is 9.68 Å². The molecule has 0 aliphatic carbocycles. The van der Waals surface area contributed by atoms with E-state index >= 15 is 0 Å². The van der Waals surface area contributed by atoms with Crippen LogP contribution in [0.2, 0.25) is 0 Å². The number of rotatable bonds is 2. The van der Waals surface area contributed by atoms with Gasteiger partial charge < -0.3 is 4.42 Å². The molecule has 0 saturated carbocycles. The molecule has 86 valence electrons. The highest BCUT2D eigenvalue weighted by Crippen LogP contribution is 2.31. The average molecular weight is 233 g/mol. The highest BCUT2D eigenvalue weighted by atomic mass is 16.3.